The molecule has 5 heteroatoms. The zero-order chi connectivity index (χ0) is 15.2. The fourth-order valence-electron chi connectivity index (χ4n) is 1.70. The Labute approximate surface area is 127 Å². The summed E-state index contributed by atoms with van der Waals surface area (Å²) in [5, 5.41) is 11.9. The second-order valence-corrected chi connectivity index (χ2v) is 4.77. The van der Waals surface area contributed by atoms with E-state index in [-0.39, 0.29) is 12.5 Å². The summed E-state index contributed by atoms with van der Waals surface area (Å²) in [5.74, 6) is 4.90. The number of aryl methyl sites for hydroxylation is 1. The fraction of sp³-hybridized carbons (Fsp3) is 0.125. The summed E-state index contributed by atoms with van der Waals surface area (Å²) in [6.07, 6.45) is 2.97. The SMILES string of the molecule is Cc1ccc(Cl)c(NC(=O)c2cncc(C#CCO)c2)c1. The average Bonchev–Trinajstić information content (AvgIpc) is 2.49. The maximum absolute atomic E-state index is 12.2. The van der Waals surface area contributed by atoms with E-state index in [9.17, 15) is 4.79 Å². The highest BCUT2D eigenvalue weighted by Crippen LogP contribution is 2.23. The van der Waals surface area contributed by atoms with E-state index < -0.39 is 0 Å². The number of rotatable bonds is 2. The second-order valence-electron chi connectivity index (χ2n) is 4.36. The Morgan fingerprint density at radius 3 is 2.95 bits per heavy atom. The summed E-state index contributed by atoms with van der Waals surface area (Å²) >= 11 is 6.05. The number of pyridine rings is 1. The number of aliphatic hydroxyl groups excluding tert-OH is 1. The monoisotopic (exact) mass is 300 g/mol. The van der Waals surface area contributed by atoms with Gasteiger partial charge in [-0.2, -0.15) is 0 Å². The molecule has 0 spiro atoms. The number of carbonyl (C=O) groups is 1. The minimum absolute atomic E-state index is 0.241. The molecule has 4 nitrogen and oxygen atoms in total. The highest BCUT2D eigenvalue weighted by Gasteiger charge is 2.09. The molecule has 0 atom stereocenters. The lowest BCUT2D eigenvalue weighted by Crippen LogP contribution is -2.12. The lowest BCUT2D eigenvalue weighted by Gasteiger charge is -2.08. The maximum Gasteiger partial charge on any atom is 0.257 e. The van der Waals surface area contributed by atoms with Crippen molar-refractivity contribution in [2.75, 3.05) is 11.9 Å². The van der Waals surface area contributed by atoms with E-state index in [1.807, 2.05) is 13.0 Å². The van der Waals surface area contributed by atoms with Crippen LogP contribution in [-0.4, -0.2) is 22.6 Å². The van der Waals surface area contributed by atoms with E-state index in [4.69, 9.17) is 16.7 Å². The topological polar surface area (TPSA) is 62.2 Å². The molecular weight excluding hydrogens is 288 g/mol. The zero-order valence-electron chi connectivity index (χ0n) is 11.4. The maximum atomic E-state index is 12.2. The number of aliphatic hydroxyl groups is 1. The molecule has 1 aromatic heterocycles. The van der Waals surface area contributed by atoms with Gasteiger partial charge in [0, 0.05) is 18.0 Å². The standard InChI is InChI=1S/C16H13ClN2O2/c1-11-4-5-14(17)15(7-11)19-16(21)13-8-12(3-2-6-20)9-18-10-13/h4-5,7-10,20H,6H2,1H3,(H,19,21). The Bertz CT molecular complexity index is 733. The molecule has 2 rings (SSSR count). The molecule has 0 aliphatic heterocycles. The predicted octanol–water partition coefficient (Wildman–Crippen LogP) is 2.64. The summed E-state index contributed by atoms with van der Waals surface area (Å²) < 4.78 is 0. The number of hydrogen-bond acceptors (Lipinski definition) is 3. The number of benzene rings is 1. The quantitative estimate of drug-likeness (QED) is 0.838. The number of carbonyl (C=O) groups excluding carboxylic acids is 1. The first-order chi connectivity index (χ1) is 10.1. The molecule has 0 aliphatic carbocycles. The largest absolute Gasteiger partial charge is 0.384 e. The Morgan fingerprint density at radius 1 is 1.38 bits per heavy atom. The predicted molar refractivity (Wildman–Crippen MR) is 82.3 cm³/mol. The van der Waals surface area contributed by atoms with Gasteiger partial charge in [-0.25, -0.2) is 0 Å². The number of hydrogen-bond donors (Lipinski definition) is 2. The van der Waals surface area contributed by atoms with Crippen molar-refractivity contribution in [3.63, 3.8) is 0 Å². The van der Waals surface area contributed by atoms with Crippen LogP contribution in [0.5, 0.6) is 0 Å². The van der Waals surface area contributed by atoms with Crippen molar-refractivity contribution in [1.29, 1.82) is 0 Å². The summed E-state index contributed by atoms with van der Waals surface area (Å²) in [7, 11) is 0. The Kier molecular flexibility index (Phi) is 4.94. The normalized spacial score (nSPS) is 9.67. The van der Waals surface area contributed by atoms with Crippen LogP contribution in [0.3, 0.4) is 0 Å². The number of aromatic nitrogens is 1. The molecule has 0 saturated carbocycles. The second kappa shape index (κ2) is 6.89. The van der Waals surface area contributed by atoms with Gasteiger partial charge in [-0.1, -0.05) is 29.5 Å². The van der Waals surface area contributed by atoms with Crippen LogP contribution in [0.2, 0.25) is 5.02 Å². The number of halogens is 1. The highest BCUT2D eigenvalue weighted by atomic mass is 35.5. The third-order valence-corrected chi connectivity index (χ3v) is 3.01. The van der Waals surface area contributed by atoms with Crippen LogP contribution in [0.1, 0.15) is 21.5 Å². The molecular formula is C16H13ClN2O2. The van der Waals surface area contributed by atoms with Gasteiger partial charge in [-0.15, -0.1) is 0 Å². The molecule has 2 N–H and O–H groups in total. The Morgan fingerprint density at radius 2 is 2.19 bits per heavy atom. The van der Waals surface area contributed by atoms with Crippen molar-refractivity contribution in [2.45, 2.75) is 6.92 Å². The molecule has 1 amide bonds. The molecule has 2 aromatic rings. The Balaban J connectivity index is 2.22. The van der Waals surface area contributed by atoms with Crippen molar-refractivity contribution in [2.24, 2.45) is 0 Å². The first kappa shape index (κ1) is 15.0. The van der Waals surface area contributed by atoms with Gasteiger partial charge in [0.2, 0.25) is 0 Å². The average molecular weight is 301 g/mol. The van der Waals surface area contributed by atoms with Crippen LogP contribution in [0.25, 0.3) is 0 Å². The zero-order valence-corrected chi connectivity index (χ0v) is 12.1. The van der Waals surface area contributed by atoms with Crippen molar-refractivity contribution in [3.05, 3.63) is 58.4 Å². The molecule has 0 aliphatic rings. The van der Waals surface area contributed by atoms with Gasteiger partial charge in [0.05, 0.1) is 16.3 Å². The molecule has 21 heavy (non-hydrogen) atoms. The molecule has 1 aromatic carbocycles. The first-order valence-electron chi connectivity index (χ1n) is 6.22. The minimum Gasteiger partial charge on any atom is -0.384 e. The van der Waals surface area contributed by atoms with Gasteiger partial charge in [-0.05, 0) is 30.7 Å². The van der Waals surface area contributed by atoms with Gasteiger partial charge in [0.25, 0.3) is 5.91 Å². The first-order valence-corrected chi connectivity index (χ1v) is 6.60. The molecule has 0 fully saturated rings. The number of anilines is 1. The molecule has 1 heterocycles. The van der Waals surface area contributed by atoms with E-state index in [1.165, 1.54) is 12.4 Å². The van der Waals surface area contributed by atoms with E-state index >= 15 is 0 Å². The van der Waals surface area contributed by atoms with Crippen molar-refractivity contribution >= 4 is 23.2 Å². The summed E-state index contributed by atoms with van der Waals surface area (Å²) in [4.78, 5) is 16.2. The minimum atomic E-state index is -0.317. The van der Waals surface area contributed by atoms with Gasteiger partial charge < -0.3 is 10.4 Å². The van der Waals surface area contributed by atoms with Crippen LogP contribution in [0, 0.1) is 18.8 Å². The third-order valence-electron chi connectivity index (χ3n) is 2.68. The molecule has 0 radical (unpaired) electrons. The van der Waals surface area contributed by atoms with Crippen molar-refractivity contribution in [1.82, 2.24) is 4.98 Å². The smallest absolute Gasteiger partial charge is 0.257 e. The van der Waals surface area contributed by atoms with Crippen molar-refractivity contribution < 1.29 is 9.90 Å². The van der Waals surface area contributed by atoms with Crippen LogP contribution in [0.4, 0.5) is 5.69 Å². The summed E-state index contributed by atoms with van der Waals surface area (Å²) in [6, 6.07) is 7.00. The summed E-state index contributed by atoms with van der Waals surface area (Å²) in [5.41, 5.74) is 2.48. The lowest BCUT2D eigenvalue weighted by molar-refractivity contribution is 0.102. The molecule has 0 unspecified atom stereocenters. The fourth-order valence-corrected chi connectivity index (χ4v) is 1.87. The van der Waals surface area contributed by atoms with Crippen LogP contribution in [-0.2, 0) is 0 Å². The number of amides is 1. The van der Waals surface area contributed by atoms with Gasteiger partial charge in [-0.3, -0.25) is 9.78 Å². The highest BCUT2D eigenvalue weighted by molar-refractivity contribution is 6.33. The van der Waals surface area contributed by atoms with Crippen LogP contribution in [0.15, 0.2) is 36.7 Å². The molecule has 0 saturated heterocycles. The van der Waals surface area contributed by atoms with Gasteiger partial charge >= 0.3 is 0 Å². The summed E-state index contributed by atoms with van der Waals surface area (Å²) in [6.45, 7) is 1.67. The van der Waals surface area contributed by atoms with E-state index in [2.05, 4.69) is 22.1 Å². The van der Waals surface area contributed by atoms with Gasteiger partial charge in [0.15, 0.2) is 0 Å². The lowest BCUT2D eigenvalue weighted by atomic mass is 10.2. The van der Waals surface area contributed by atoms with Crippen molar-refractivity contribution in [3.8, 4) is 11.8 Å². The van der Waals surface area contributed by atoms with E-state index in [0.717, 1.165) is 5.56 Å². The molecule has 106 valence electrons. The van der Waals surface area contributed by atoms with Crippen LogP contribution >= 0.6 is 11.6 Å². The third kappa shape index (κ3) is 4.06. The number of nitrogens with zero attached hydrogens (tertiary/aromatic N) is 1. The van der Waals surface area contributed by atoms with Gasteiger partial charge in [0.1, 0.15) is 6.61 Å². The van der Waals surface area contributed by atoms with E-state index in [1.54, 1.807) is 18.2 Å². The number of nitrogens with one attached hydrogen (secondary N) is 1. The van der Waals surface area contributed by atoms with Crippen LogP contribution < -0.4 is 5.32 Å². The van der Waals surface area contributed by atoms with E-state index in [0.29, 0.717) is 21.8 Å². The molecule has 0 bridgehead atoms. The Hall–Kier alpha value is -2.35.